The van der Waals surface area contributed by atoms with Crippen molar-refractivity contribution in [3.05, 3.63) is 17.8 Å². The Labute approximate surface area is 268 Å². The number of hydrogen-bond acceptors (Lipinski definition) is 5. The van der Waals surface area contributed by atoms with E-state index in [2.05, 4.69) is 47.6 Å². The fourth-order valence-corrected chi connectivity index (χ4v) is 11.6. The Bertz CT molecular complexity index is 923. The largest absolute Gasteiger partial charge is 0.562 e. The smallest absolute Gasteiger partial charge is 0.209 e. The monoisotopic (exact) mass is 745 g/mol. The van der Waals surface area contributed by atoms with Gasteiger partial charge in [-0.3, -0.25) is 0 Å². The van der Waals surface area contributed by atoms with E-state index in [4.69, 9.17) is 5.52 Å². The third-order valence-electron chi connectivity index (χ3n) is 13.1. The fourth-order valence-electron chi connectivity index (χ4n) is 11.2. The SMILES string of the molecule is [3H][B]SOC1CC[C@@]2(C)C(CCC3(C)C2C(O)CC2C4(CC4(CO)CCC=C(C)C)[C-](O)C[C@@]23C)C1C.[Ac]. The quantitative estimate of drug-likeness (QED) is 0.127. The Morgan fingerprint density at radius 2 is 1.95 bits per heavy atom. The van der Waals surface area contributed by atoms with Crippen LogP contribution < -0.4 is 0 Å². The maximum absolute atomic E-state index is 12.0. The van der Waals surface area contributed by atoms with E-state index in [9.17, 15) is 15.3 Å². The van der Waals surface area contributed by atoms with E-state index in [1.54, 1.807) is 0 Å². The van der Waals surface area contributed by atoms with Crippen LogP contribution in [0.25, 0.3) is 0 Å². The van der Waals surface area contributed by atoms with Gasteiger partial charge in [0.2, 0.25) is 7.09 Å². The molecule has 4 nitrogen and oxygen atoms in total. The van der Waals surface area contributed by atoms with Crippen molar-refractivity contribution >= 4 is 19.0 Å². The summed E-state index contributed by atoms with van der Waals surface area (Å²) in [5.41, 5.74) is 0.564. The summed E-state index contributed by atoms with van der Waals surface area (Å²) < 4.78 is 13.4. The van der Waals surface area contributed by atoms with Crippen molar-refractivity contribution < 1.29 is 63.6 Å². The van der Waals surface area contributed by atoms with Crippen LogP contribution >= 0.6 is 11.9 Å². The second-order valence-electron chi connectivity index (χ2n) is 14.5. The van der Waals surface area contributed by atoms with Gasteiger partial charge in [0, 0.05) is 50.7 Å². The zero-order chi connectivity index (χ0) is 27.0. The van der Waals surface area contributed by atoms with Gasteiger partial charge in [-0.05, 0) is 94.1 Å². The Balaban J connectivity index is 0.00000336. The molecule has 7 heteroatoms. The third-order valence-corrected chi connectivity index (χ3v) is 13.4. The van der Waals surface area contributed by atoms with Crippen molar-refractivity contribution in [1.29, 1.82) is 1.34 Å². The van der Waals surface area contributed by atoms with Gasteiger partial charge in [0.25, 0.3) is 0 Å². The molecule has 5 saturated carbocycles. The molecule has 0 bridgehead atoms. The Hall–Kier alpha value is 1.44. The number of aliphatic hydroxyl groups is 3. The molecular weight excluding hydrogens is 694 g/mol. The molecular formula is C30H49AcBO4S-. The van der Waals surface area contributed by atoms with Gasteiger partial charge in [-0.15, -0.1) is 11.8 Å². The molecule has 0 aromatic heterocycles. The molecule has 5 aliphatic rings. The molecule has 0 amide bonds. The minimum absolute atomic E-state index is 0. The molecule has 0 heterocycles. The first-order valence-corrected chi connectivity index (χ1v) is 15.2. The van der Waals surface area contributed by atoms with E-state index in [0.29, 0.717) is 24.4 Å². The van der Waals surface area contributed by atoms with Gasteiger partial charge in [0.1, 0.15) is 0 Å². The minimum Gasteiger partial charge on any atom is -0.562 e. The fraction of sp³-hybridized carbons (Fsp3) is 0.900. The van der Waals surface area contributed by atoms with E-state index in [-0.39, 0.29) is 95.7 Å². The summed E-state index contributed by atoms with van der Waals surface area (Å²) in [4.78, 5) is 0. The molecule has 5 aliphatic carbocycles. The van der Waals surface area contributed by atoms with E-state index in [1.165, 1.54) is 12.7 Å². The topological polar surface area (TPSA) is 69.9 Å². The molecule has 0 saturated heterocycles. The van der Waals surface area contributed by atoms with Gasteiger partial charge < -0.3 is 19.5 Å². The predicted octanol–water partition coefficient (Wildman–Crippen LogP) is 6.11. The molecule has 0 aromatic carbocycles. The molecule has 37 heavy (non-hydrogen) atoms. The van der Waals surface area contributed by atoms with Crippen LogP contribution in [0.5, 0.6) is 0 Å². The van der Waals surface area contributed by atoms with Crippen LogP contribution in [-0.4, -0.2) is 42.6 Å². The normalized spacial score (nSPS) is 52.8. The summed E-state index contributed by atoms with van der Waals surface area (Å²) >= 11 is 1.14. The first-order valence-electron chi connectivity index (χ1n) is 14.9. The van der Waals surface area contributed by atoms with Crippen molar-refractivity contribution in [3.63, 3.8) is 0 Å². The van der Waals surface area contributed by atoms with Crippen molar-refractivity contribution in [2.75, 3.05) is 6.61 Å². The number of hydrogen-bond donors (Lipinski definition) is 3. The standard InChI is InChI=1S/C30H49BO4S.Ac/c1-18(2)8-7-11-29(17-32)16-30(29)23-14-21(33)25-26(4)12-10-22(35-36-31)19(3)20(26)9-13-27(25,5)28(23,6)15-24(30)34;/h8,19-23,25,31-34H,7,9-17H2,1-6H3;/q-1;/t19?,20?,21?,22?,23?,25?,26-,27?,28-,29?,30?;/m0./s1/i31T;. The Morgan fingerprint density at radius 1 is 1.22 bits per heavy atom. The van der Waals surface area contributed by atoms with E-state index < -0.39 is 6.10 Å². The molecule has 11 atom stereocenters. The summed E-state index contributed by atoms with van der Waals surface area (Å²) in [5.74, 6) is 1.27. The minimum atomic E-state index is -0.394. The van der Waals surface area contributed by atoms with Crippen LogP contribution in [0.3, 0.4) is 0 Å². The molecule has 206 valence electrons. The van der Waals surface area contributed by atoms with Crippen molar-refractivity contribution in [3.8, 4) is 0 Å². The Morgan fingerprint density at radius 3 is 2.59 bits per heavy atom. The number of allylic oxidation sites excluding steroid dienone is 2. The Kier molecular flexibility index (Phi) is 8.58. The second kappa shape index (κ2) is 10.6. The first kappa shape index (κ1) is 29.9. The van der Waals surface area contributed by atoms with E-state index in [0.717, 1.165) is 63.3 Å². The van der Waals surface area contributed by atoms with Crippen LogP contribution in [-0.2, 0) is 4.18 Å². The molecule has 5 rings (SSSR count). The van der Waals surface area contributed by atoms with Gasteiger partial charge in [0.05, 0.1) is 12.2 Å². The maximum atomic E-state index is 12.0. The van der Waals surface area contributed by atoms with Gasteiger partial charge in [0.15, 0.2) is 0 Å². The molecule has 9 unspecified atom stereocenters. The van der Waals surface area contributed by atoms with Crippen molar-refractivity contribution in [2.45, 2.75) is 112 Å². The maximum Gasteiger partial charge on any atom is 0.209 e. The van der Waals surface area contributed by atoms with Crippen LogP contribution in [0.4, 0.5) is 0 Å². The average molecular weight is 746 g/mol. The summed E-state index contributed by atoms with van der Waals surface area (Å²) in [7, 11) is 1.27. The number of aliphatic hydroxyl groups excluding tert-OH is 3. The number of fused-ring (bicyclic) bond motifs is 6. The summed E-state index contributed by atoms with van der Waals surface area (Å²) in [6, 6.07) is 0. The van der Waals surface area contributed by atoms with E-state index >= 15 is 0 Å². The van der Waals surface area contributed by atoms with Crippen LogP contribution in [0.2, 0.25) is 0 Å². The molecule has 3 N–H and O–H groups in total. The predicted molar refractivity (Wildman–Crippen MR) is 148 cm³/mol. The molecule has 0 aromatic rings. The van der Waals surface area contributed by atoms with Crippen molar-refractivity contribution in [2.24, 2.45) is 50.7 Å². The average Bonchev–Trinajstić information content (AvgIpc) is 3.44. The summed E-state index contributed by atoms with van der Waals surface area (Å²) in [5, 5.41) is 34.4. The zero-order valence-electron chi connectivity index (χ0n) is 24.9. The zero-order valence-corrected chi connectivity index (χ0v) is 29.5. The van der Waals surface area contributed by atoms with Gasteiger partial charge in [-0.1, -0.05) is 69.0 Å². The molecule has 1 spiro atoms. The summed E-state index contributed by atoms with van der Waals surface area (Å²) in [6.07, 6.45) is 10.9. The molecule has 2 radical (unpaired) electrons. The van der Waals surface area contributed by atoms with Crippen LogP contribution in [0, 0.1) is 101 Å². The van der Waals surface area contributed by atoms with Crippen LogP contribution in [0.15, 0.2) is 11.6 Å². The molecule has 5 fully saturated rings. The first-order chi connectivity index (χ1) is 17.4. The van der Waals surface area contributed by atoms with Gasteiger partial charge >= 0.3 is 0 Å². The third kappa shape index (κ3) is 4.23. The van der Waals surface area contributed by atoms with Gasteiger partial charge in [-0.2, -0.15) is 6.10 Å². The van der Waals surface area contributed by atoms with Gasteiger partial charge in [-0.25, -0.2) is 0 Å². The summed E-state index contributed by atoms with van der Waals surface area (Å²) in [6.45, 7) is 14.0. The molecule has 0 aliphatic heterocycles. The van der Waals surface area contributed by atoms with Crippen LogP contribution in [0.1, 0.15) is 99.3 Å². The van der Waals surface area contributed by atoms with E-state index in [1.807, 2.05) is 0 Å². The van der Waals surface area contributed by atoms with Crippen molar-refractivity contribution in [1.82, 2.24) is 0 Å². The number of rotatable bonds is 7. The second-order valence-corrected chi connectivity index (χ2v) is 14.9.